The fraction of sp³-hybridized carbons (Fsp3) is 0.520. The van der Waals surface area contributed by atoms with Gasteiger partial charge in [-0.1, -0.05) is 23.8 Å². The first-order chi connectivity index (χ1) is 14.9. The van der Waals surface area contributed by atoms with Crippen LogP contribution in [0.4, 0.5) is 4.39 Å². The van der Waals surface area contributed by atoms with Crippen LogP contribution in [0.15, 0.2) is 42.5 Å². The number of likely N-dealkylation sites (tertiary alicyclic amines) is 1. The molecule has 6 atom stereocenters. The predicted octanol–water partition coefficient (Wildman–Crippen LogP) is 3.50. The third-order valence-corrected chi connectivity index (χ3v) is 7.97. The average molecular weight is 443 g/mol. The van der Waals surface area contributed by atoms with Crippen molar-refractivity contribution in [1.29, 1.82) is 5.41 Å². The summed E-state index contributed by atoms with van der Waals surface area (Å²) < 4.78 is 19.3. The van der Waals surface area contributed by atoms with Gasteiger partial charge in [0.15, 0.2) is 0 Å². The summed E-state index contributed by atoms with van der Waals surface area (Å²) in [5, 5.41) is 14.5. The zero-order valence-electron chi connectivity index (χ0n) is 17.6. The van der Waals surface area contributed by atoms with Crippen molar-refractivity contribution in [2.24, 2.45) is 29.6 Å². The Kier molecular flexibility index (Phi) is 5.74. The van der Waals surface area contributed by atoms with E-state index in [-0.39, 0.29) is 12.0 Å². The Morgan fingerprint density at radius 1 is 1.16 bits per heavy atom. The van der Waals surface area contributed by atoms with Crippen LogP contribution in [0.1, 0.15) is 31.2 Å². The van der Waals surface area contributed by atoms with Gasteiger partial charge in [-0.3, -0.25) is 10.8 Å². The molecule has 1 aromatic rings. The maximum absolute atomic E-state index is 13.4. The first-order valence-corrected chi connectivity index (χ1v) is 11.7. The topological polar surface area (TPSA) is 61.9 Å². The Bertz CT molecular complexity index is 931. The minimum Gasteiger partial charge on any atom is -0.475 e. The summed E-state index contributed by atoms with van der Waals surface area (Å²) in [5.74, 6) is 3.57. The van der Waals surface area contributed by atoms with Crippen molar-refractivity contribution >= 4 is 23.2 Å². The summed E-state index contributed by atoms with van der Waals surface area (Å²) in [5.41, 5.74) is 0.736. The highest BCUT2D eigenvalue weighted by atomic mass is 35.5. The van der Waals surface area contributed by atoms with E-state index in [0.29, 0.717) is 28.1 Å². The second-order valence-electron chi connectivity index (χ2n) is 9.77. The van der Waals surface area contributed by atoms with Crippen molar-refractivity contribution in [2.45, 2.75) is 31.8 Å². The van der Waals surface area contributed by atoms with Crippen molar-refractivity contribution in [3.8, 4) is 0 Å². The number of benzene rings is 1. The van der Waals surface area contributed by atoms with Crippen LogP contribution in [0.2, 0.25) is 5.02 Å². The first kappa shape index (κ1) is 20.9. The number of nitrogens with zero attached hydrogens (tertiary/aromatic N) is 1. The van der Waals surface area contributed by atoms with E-state index in [1.54, 1.807) is 6.08 Å². The highest BCUT2D eigenvalue weighted by Gasteiger charge is 2.44. The third-order valence-electron chi connectivity index (χ3n) is 7.64. The maximum atomic E-state index is 13.4. The fourth-order valence-electron chi connectivity index (χ4n) is 6.22. The summed E-state index contributed by atoms with van der Waals surface area (Å²) in [4.78, 5) is 2.67. The molecule has 31 heavy (non-hydrogen) atoms. The number of allylic oxidation sites excluding steroid dienone is 3. The number of halogens is 2. The van der Waals surface area contributed by atoms with Crippen LogP contribution in [0.3, 0.4) is 0 Å². The number of fused-ring (bicyclic) bond motifs is 3. The maximum Gasteiger partial charge on any atom is 0.206 e. The monoisotopic (exact) mass is 442 g/mol. The molecular formula is C25H30ClFN3O+. The molecule has 3 N–H and O–H groups in total. The molecule has 0 amide bonds. The van der Waals surface area contributed by atoms with Gasteiger partial charge in [-0.15, -0.1) is 0 Å². The van der Waals surface area contributed by atoms with Crippen LogP contribution < -0.4 is 5.41 Å². The Labute approximate surface area is 188 Å². The fourth-order valence-corrected chi connectivity index (χ4v) is 6.44. The zero-order chi connectivity index (χ0) is 21.5. The minimum atomic E-state index is -0.398. The van der Waals surface area contributed by atoms with E-state index in [9.17, 15) is 4.39 Å². The standard InChI is InChI=1S/C25H29ClFN3O/c26-23-4-3-20(27)11-22(23)24(28)5-6-25(29)31-21-9-18-13-30(14-19(18)10-21)12-17-8-15-1-2-16(17)7-15/h1-6,11,15-19,21,28-29H,7-10,12-14H2/p+1/b6-5-,28-24?,29-25?/t15?,16?,17?,18-,19+,21?. The van der Waals surface area contributed by atoms with E-state index in [1.807, 2.05) is 0 Å². The largest absolute Gasteiger partial charge is 0.475 e. The van der Waals surface area contributed by atoms with Crippen molar-refractivity contribution in [1.82, 2.24) is 4.90 Å². The van der Waals surface area contributed by atoms with Crippen molar-refractivity contribution < 1.29 is 14.5 Å². The molecule has 1 aromatic carbocycles. The van der Waals surface area contributed by atoms with E-state index in [2.05, 4.69) is 17.1 Å². The lowest BCUT2D eigenvalue weighted by Gasteiger charge is -2.26. The minimum absolute atomic E-state index is 0.0890. The summed E-state index contributed by atoms with van der Waals surface area (Å²) in [6.45, 7) is 3.59. The highest BCUT2D eigenvalue weighted by Crippen LogP contribution is 2.45. The Morgan fingerprint density at radius 2 is 1.94 bits per heavy atom. The third kappa shape index (κ3) is 4.49. The normalized spacial score (nSPS) is 34.0. The molecule has 0 spiro atoms. The van der Waals surface area contributed by atoms with E-state index in [0.717, 1.165) is 30.6 Å². The molecule has 1 heterocycles. The van der Waals surface area contributed by atoms with Crippen molar-refractivity contribution in [3.63, 3.8) is 0 Å². The summed E-state index contributed by atoms with van der Waals surface area (Å²) >= 11 is 6.09. The Balaban J connectivity index is 1.08. The molecular weight excluding hydrogens is 413 g/mol. The molecule has 5 rings (SSSR count). The quantitative estimate of drug-likeness (QED) is 0.402. The molecule has 6 heteroatoms. The van der Waals surface area contributed by atoms with Crippen LogP contribution >= 0.6 is 11.6 Å². The van der Waals surface area contributed by atoms with Crippen molar-refractivity contribution in [2.75, 3.05) is 19.6 Å². The number of hydrogen-bond donors (Lipinski definition) is 2. The van der Waals surface area contributed by atoms with Gasteiger partial charge in [0.05, 0.1) is 10.6 Å². The zero-order valence-corrected chi connectivity index (χ0v) is 18.4. The van der Waals surface area contributed by atoms with E-state index in [1.165, 1.54) is 56.8 Å². The SMILES string of the molecule is N=C(/C=C\C(=[NH2+])c1cc(F)ccc1Cl)OC1C[C@@H]2CN(CC3CC4C=CC3C4)C[C@@H]2C1. The van der Waals surface area contributed by atoms with Gasteiger partial charge < -0.3 is 9.64 Å². The molecule has 3 aliphatic carbocycles. The number of ether oxygens (including phenoxy) is 1. The summed E-state index contributed by atoms with van der Waals surface area (Å²) in [7, 11) is 0. The van der Waals surface area contributed by atoms with E-state index in [4.69, 9.17) is 27.2 Å². The van der Waals surface area contributed by atoms with Crippen LogP contribution in [-0.4, -0.2) is 42.2 Å². The van der Waals surface area contributed by atoms with Crippen LogP contribution in [0.5, 0.6) is 0 Å². The van der Waals surface area contributed by atoms with Crippen molar-refractivity contribution in [3.05, 3.63) is 58.9 Å². The van der Waals surface area contributed by atoms with Gasteiger partial charge >= 0.3 is 0 Å². The molecule has 2 bridgehead atoms. The molecule has 1 aliphatic heterocycles. The van der Waals surface area contributed by atoms with Gasteiger partial charge in [-0.05, 0) is 73.5 Å². The smallest absolute Gasteiger partial charge is 0.206 e. The number of nitrogens with two attached hydrogens (primary N) is 1. The number of nitrogens with one attached hydrogen (secondary N) is 1. The first-order valence-electron chi connectivity index (χ1n) is 11.4. The van der Waals surface area contributed by atoms with Gasteiger partial charge in [0.1, 0.15) is 11.9 Å². The molecule has 0 radical (unpaired) electrons. The number of rotatable bonds is 6. The highest BCUT2D eigenvalue weighted by molar-refractivity contribution is 6.34. The molecule has 0 aromatic heterocycles. The molecule has 2 saturated carbocycles. The summed E-state index contributed by atoms with van der Waals surface area (Å²) in [6.07, 6.45) is 12.8. The van der Waals surface area contributed by atoms with Crippen LogP contribution in [0, 0.1) is 40.8 Å². The second kappa shape index (κ2) is 8.51. The molecule has 3 fully saturated rings. The van der Waals surface area contributed by atoms with Gasteiger partial charge in [0, 0.05) is 31.8 Å². The lowest BCUT2D eigenvalue weighted by Crippen LogP contribution is -2.39. The van der Waals surface area contributed by atoms with E-state index >= 15 is 0 Å². The Hall–Kier alpha value is -1.98. The summed E-state index contributed by atoms with van der Waals surface area (Å²) in [6, 6.07) is 4.06. The van der Waals surface area contributed by atoms with E-state index < -0.39 is 5.82 Å². The molecule has 4 unspecified atom stereocenters. The van der Waals surface area contributed by atoms with Gasteiger partial charge in [-0.25, -0.2) is 4.39 Å². The molecule has 4 nitrogen and oxygen atoms in total. The Morgan fingerprint density at radius 3 is 2.61 bits per heavy atom. The van der Waals surface area contributed by atoms with Gasteiger partial charge in [0.25, 0.3) is 0 Å². The van der Waals surface area contributed by atoms with Gasteiger partial charge in [0.2, 0.25) is 11.6 Å². The predicted molar refractivity (Wildman–Crippen MR) is 121 cm³/mol. The lowest BCUT2D eigenvalue weighted by molar-refractivity contribution is -0.111. The molecule has 4 aliphatic rings. The molecule has 1 saturated heterocycles. The number of hydrogen-bond acceptors (Lipinski definition) is 3. The van der Waals surface area contributed by atoms with Crippen LogP contribution in [-0.2, 0) is 4.74 Å². The lowest BCUT2D eigenvalue weighted by atomic mass is 9.93. The van der Waals surface area contributed by atoms with Crippen LogP contribution in [0.25, 0.3) is 0 Å². The second-order valence-corrected chi connectivity index (χ2v) is 10.2. The van der Waals surface area contributed by atoms with Gasteiger partial charge in [-0.2, -0.15) is 0 Å². The average Bonchev–Trinajstić information content (AvgIpc) is 3.49. The molecule has 164 valence electrons.